The molecule has 1 saturated heterocycles. The van der Waals surface area contributed by atoms with Crippen LogP contribution in [0, 0.1) is 0 Å². The molecule has 128 valence electrons. The van der Waals surface area contributed by atoms with Gasteiger partial charge in [-0.25, -0.2) is 4.79 Å². The third kappa shape index (κ3) is 5.13. The van der Waals surface area contributed by atoms with E-state index in [0.717, 1.165) is 32.4 Å². The van der Waals surface area contributed by atoms with Crippen LogP contribution in [0.3, 0.4) is 0 Å². The zero-order valence-electron chi connectivity index (χ0n) is 14.6. The van der Waals surface area contributed by atoms with E-state index in [4.69, 9.17) is 9.47 Å². The van der Waals surface area contributed by atoms with Gasteiger partial charge in [0.1, 0.15) is 5.60 Å². The molecule has 5 nitrogen and oxygen atoms in total. The molecule has 0 aromatic rings. The molecule has 2 fully saturated rings. The SMILES string of the molecule is COC1CCCCC1NC1CCCN(C(=O)OC(C)(C)C)C1. The van der Waals surface area contributed by atoms with Gasteiger partial charge in [0, 0.05) is 32.3 Å². The van der Waals surface area contributed by atoms with E-state index in [9.17, 15) is 4.79 Å². The molecule has 22 heavy (non-hydrogen) atoms. The first-order chi connectivity index (χ1) is 10.4. The average molecular weight is 312 g/mol. The molecule has 1 amide bonds. The smallest absolute Gasteiger partial charge is 0.410 e. The summed E-state index contributed by atoms with van der Waals surface area (Å²) in [5.74, 6) is 0. The van der Waals surface area contributed by atoms with Crippen LogP contribution < -0.4 is 5.32 Å². The zero-order valence-corrected chi connectivity index (χ0v) is 14.6. The predicted molar refractivity (Wildman–Crippen MR) is 87.0 cm³/mol. The third-order valence-corrected chi connectivity index (χ3v) is 4.53. The van der Waals surface area contributed by atoms with Crippen molar-refractivity contribution in [1.82, 2.24) is 10.2 Å². The van der Waals surface area contributed by atoms with Gasteiger partial charge in [-0.1, -0.05) is 12.8 Å². The molecular formula is C17H32N2O3. The molecule has 1 saturated carbocycles. The molecular weight excluding hydrogens is 280 g/mol. The molecule has 2 aliphatic rings. The Bertz CT molecular complexity index is 367. The molecule has 1 aliphatic carbocycles. The molecule has 5 heteroatoms. The minimum absolute atomic E-state index is 0.189. The molecule has 1 aliphatic heterocycles. The van der Waals surface area contributed by atoms with E-state index in [2.05, 4.69) is 5.32 Å². The van der Waals surface area contributed by atoms with Crippen LogP contribution in [0.5, 0.6) is 0 Å². The summed E-state index contributed by atoms with van der Waals surface area (Å²) in [7, 11) is 1.80. The summed E-state index contributed by atoms with van der Waals surface area (Å²) in [6.07, 6.45) is 7.09. The Hall–Kier alpha value is -0.810. The Labute approximate surface area is 134 Å². The fourth-order valence-electron chi connectivity index (χ4n) is 3.48. The summed E-state index contributed by atoms with van der Waals surface area (Å²) in [6.45, 7) is 7.27. The van der Waals surface area contributed by atoms with Crippen molar-refractivity contribution in [2.75, 3.05) is 20.2 Å². The van der Waals surface area contributed by atoms with Crippen molar-refractivity contribution in [2.45, 2.75) is 83.1 Å². The minimum atomic E-state index is -0.429. The van der Waals surface area contributed by atoms with Crippen molar-refractivity contribution in [2.24, 2.45) is 0 Å². The van der Waals surface area contributed by atoms with Gasteiger partial charge in [0.05, 0.1) is 6.10 Å². The van der Waals surface area contributed by atoms with Gasteiger partial charge in [-0.2, -0.15) is 0 Å². The highest BCUT2D eigenvalue weighted by Gasteiger charge is 2.31. The standard InChI is InChI=1S/C17H32N2O3/c1-17(2,3)22-16(20)19-11-7-8-13(12-19)18-14-9-5-6-10-15(14)21-4/h13-15,18H,5-12H2,1-4H3. The second-order valence-corrected chi connectivity index (χ2v) is 7.60. The molecule has 3 unspecified atom stereocenters. The van der Waals surface area contributed by atoms with Gasteiger partial charge in [0.2, 0.25) is 0 Å². The zero-order chi connectivity index (χ0) is 16.2. The molecule has 0 spiro atoms. The van der Waals surface area contributed by atoms with E-state index in [0.29, 0.717) is 18.2 Å². The number of hydrogen-bond acceptors (Lipinski definition) is 4. The van der Waals surface area contributed by atoms with Crippen LogP contribution in [0.25, 0.3) is 0 Å². The fourth-order valence-corrected chi connectivity index (χ4v) is 3.48. The maximum atomic E-state index is 12.2. The Morgan fingerprint density at radius 1 is 1.14 bits per heavy atom. The number of hydrogen-bond donors (Lipinski definition) is 1. The molecule has 0 aromatic carbocycles. The highest BCUT2D eigenvalue weighted by atomic mass is 16.6. The molecule has 2 rings (SSSR count). The Morgan fingerprint density at radius 2 is 1.86 bits per heavy atom. The van der Waals surface area contributed by atoms with E-state index in [1.54, 1.807) is 7.11 Å². The number of methoxy groups -OCH3 is 1. The average Bonchev–Trinajstić information content (AvgIpc) is 2.46. The second-order valence-electron chi connectivity index (χ2n) is 7.60. The third-order valence-electron chi connectivity index (χ3n) is 4.53. The second kappa shape index (κ2) is 7.64. The number of carbonyl (C=O) groups is 1. The van der Waals surface area contributed by atoms with E-state index in [1.165, 1.54) is 19.3 Å². The van der Waals surface area contributed by atoms with Gasteiger partial charge in [-0.05, 0) is 46.5 Å². The van der Waals surface area contributed by atoms with Crippen LogP contribution in [-0.2, 0) is 9.47 Å². The number of rotatable bonds is 3. The normalized spacial score (nSPS) is 30.2. The van der Waals surface area contributed by atoms with Crippen molar-refractivity contribution >= 4 is 6.09 Å². The lowest BCUT2D eigenvalue weighted by atomic mass is 9.91. The quantitative estimate of drug-likeness (QED) is 0.870. The van der Waals surface area contributed by atoms with Crippen molar-refractivity contribution in [3.8, 4) is 0 Å². The van der Waals surface area contributed by atoms with Gasteiger partial charge >= 0.3 is 6.09 Å². The first kappa shape index (κ1) is 17.5. The minimum Gasteiger partial charge on any atom is -0.444 e. The molecule has 1 N–H and O–H groups in total. The van der Waals surface area contributed by atoms with E-state index in [1.807, 2.05) is 25.7 Å². The highest BCUT2D eigenvalue weighted by molar-refractivity contribution is 5.68. The fraction of sp³-hybridized carbons (Fsp3) is 0.941. The monoisotopic (exact) mass is 312 g/mol. The van der Waals surface area contributed by atoms with Gasteiger partial charge in [0.15, 0.2) is 0 Å². The summed E-state index contributed by atoms with van der Waals surface area (Å²) < 4.78 is 11.1. The maximum absolute atomic E-state index is 12.2. The lowest BCUT2D eigenvalue weighted by Crippen LogP contribution is -2.54. The number of likely N-dealkylation sites (tertiary alicyclic amines) is 1. The van der Waals surface area contributed by atoms with Gasteiger partial charge < -0.3 is 19.7 Å². The highest BCUT2D eigenvalue weighted by Crippen LogP contribution is 2.23. The Kier molecular flexibility index (Phi) is 6.09. The van der Waals surface area contributed by atoms with E-state index in [-0.39, 0.29) is 6.09 Å². The number of nitrogens with one attached hydrogen (secondary N) is 1. The molecule has 1 heterocycles. The summed E-state index contributed by atoms with van der Waals surface area (Å²) in [5, 5.41) is 3.73. The van der Waals surface area contributed by atoms with Crippen LogP contribution in [0.1, 0.15) is 59.3 Å². The number of amides is 1. The Balaban J connectivity index is 1.86. The molecule has 3 atom stereocenters. The van der Waals surface area contributed by atoms with Crippen LogP contribution in [0.2, 0.25) is 0 Å². The van der Waals surface area contributed by atoms with Gasteiger partial charge in [-0.15, -0.1) is 0 Å². The van der Waals surface area contributed by atoms with Crippen LogP contribution >= 0.6 is 0 Å². The van der Waals surface area contributed by atoms with Crippen molar-refractivity contribution in [1.29, 1.82) is 0 Å². The van der Waals surface area contributed by atoms with Crippen molar-refractivity contribution in [3.63, 3.8) is 0 Å². The summed E-state index contributed by atoms with van der Waals surface area (Å²) in [6, 6.07) is 0.768. The summed E-state index contributed by atoms with van der Waals surface area (Å²) in [4.78, 5) is 14.1. The maximum Gasteiger partial charge on any atom is 0.410 e. The van der Waals surface area contributed by atoms with E-state index >= 15 is 0 Å². The van der Waals surface area contributed by atoms with Crippen molar-refractivity contribution < 1.29 is 14.3 Å². The predicted octanol–water partition coefficient (Wildman–Crippen LogP) is 2.93. The van der Waals surface area contributed by atoms with Crippen LogP contribution in [-0.4, -0.2) is 55.0 Å². The largest absolute Gasteiger partial charge is 0.444 e. The lowest BCUT2D eigenvalue weighted by molar-refractivity contribution is 0.0122. The molecule has 0 aromatic heterocycles. The lowest BCUT2D eigenvalue weighted by Gasteiger charge is -2.39. The van der Waals surface area contributed by atoms with Crippen LogP contribution in [0.4, 0.5) is 4.79 Å². The summed E-state index contributed by atoms with van der Waals surface area (Å²) >= 11 is 0. The van der Waals surface area contributed by atoms with E-state index < -0.39 is 5.60 Å². The summed E-state index contributed by atoms with van der Waals surface area (Å²) in [5.41, 5.74) is -0.429. The van der Waals surface area contributed by atoms with Gasteiger partial charge in [-0.3, -0.25) is 0 Å². The molecule has 0 radical (unpaired) electrons. The van der Waals surface area contributed by atoms with Gasteiger partial charge in [0.25, 0.3) is 0 Å². The first-order valence-corrected chi connectivity index (χ1v) is 8.66. The Morgan fingerprint density at radius 3 is 2.55 bits per heavy atom. The number of ether oxygens (including phenoxy) is 2. The first-order valence-electron chi connectivity index (χ1n) is 8.66. The molecule has 0 bridgehead atoms. The van der Waals surface area contributed by atoms with Crippen molar-refractivity contribution in [3.05, 3.63) is 0 Å². The number of nitrogens with zero attached hydrogens (tertiary/aromatic N) is 1. The number of piperidine rings is 1. The topological polar surface area (TPSA) is 50.8 Å². The van der Waals surface area contributed by atoms with Crippen LogP contribution in [0.15, 0.2) is 0 Å². The number of carbonyl (C=O) groups excluding carboxylic acids is 1.